The highest BCUT2D eigenvalue weighted by Crippen LogP contribution is 2.45. The molecule has 19 heteroatoms. The van der Waals surface area contributed by atoms with Crippen LogP contribution in [-0.2, 0) is 65.4 Å². The summed E-state index contributed by atoms with van der Waals surface area (Å²) in [5, 5.41) is 10.6. The van der Waals surface area contributed by atoms with Gasteiger partial charge in [-0.2, -0.15) is 0 Å². The van der Waals surface area contributed by atoms with Crippen LogP contribution >= 0.6 is 15.6 Å². The van der Waals surface area contributed by atoms with E-state index >= 15 is 0 Å². The van der Waals surface area contributed by atoms with Crippen molar-refractivity contribution in [1.82, 2.24) is 0 Å². The van der Waals surface area contributed by atoms with Crippen LogP contribution in [0.4, 0.5) is 0 Å². The number of hydrogen-bond donors (Lipinski definition) is 3. The molecule has 0 spiro atoms. The number of rotatable bonds is 73. The lowest BCUT2D eigenvalue weighted by molar-refractivity contribution is -0.161. The fourth-order valence-electron chi connectivity index (χ4n) is 10.3. The van der Waals surface area contributed by atoms with E-state index in [1.165, 1.54) is 51.4 Å². The summed E-state index contributed by atoms with van der Waals surface area (Å²) >= 11 is 0. The van der Waals surface area contributed by atoms with E-state index in [0.29, 0.717) is 25.7 Å². The zero-order chi connectivity index (χ0) is 73.2. The molecule has 576 valence electrons. The van der Waals surface area contributed by atoms with Gasteiger partial charge in [0.05, 0.1) is 26.4 Å². The number of aliphatic hydroxyl groups excluding tert-OH is 1. The number of phosphoric ester groups is 2. The molecule has 17 nitrogen and oxygen atoms in total. The van der Waals surface area contributed by atoms with Gasteiger partial charge in [-0.15, -0.1) is 0 Å². The van der Waals surface area contributed by atoms with E-state index in [-0.39, 0.29) is 25.7 Å². The van der Waals surface area contributed by atoms with Crippen LogP contribution in [0, 0.1) is 0 Å². The lowest BCUT2D eigenvalue weighted by atomic mass is 10.1. The SMILES string of the molecule is CC/C=C\C/C=C\C/C=C\C/C=C\CCCCCCC(=O)OCC(COP(=O)(O)OCC(O)COP(=O)(O)OCC(COC(=O)CCCCCCCCC/C=C\C/C=C\C/C=C\CC)OC(=O)CCCCCCC/C=C\CCCCCCCC)OC(=O)CCCCCCC/C=C\CCCC. The zero-order valence-electron chi connectivity index (χ0n) is 62.8. The minimum absolute atomic E-state index is 0.0777. The van der Waals surface area contributed by atoms with E-state index in [1.54, 1.807) is 0 Å². The van der Waals surface area contributed by atoms with Gasteiger partial charge in [-0.25, -0.2) is 9.13 Å². The Labute approximate surface area is 607 Å². The van der Waals surface area contributed by atoms with Gasteiger partial charge in [0.2, 0.25) is 0 Å². The first kappa shape index (κ1) is 95.7. The molecule has 0 aliphatic rings. The van der Waals surface area contributed by atoms with Crippen LogP contribution in [0.3, 0.4) is 0 Å². The molecule has 0 aromatic carbocycles. The number of carbonyl (C=O) groups excluding carboxylic acids is 4. The first-order valence-electron chi connectivity index (χ1n) is 39.1. The Morgan fingerprint density at radius 1 is 0.290 bits per heavy atom. The molecule has 0 aliphatic heterocycles. The summed E-state index contributed by atoms with van der Waals surface area (Å²) in [5.41, 5.74) is 0. The third kappa shape index (κ3) is 72.1. The summed E-state index contributed by atoms with van der Waals surface area (Å²) in [7, 11) is -9.96. The van der Waals surface area contributed by atoms with Crippen LogP contribution in [0.5, 0.6) is 0 Å². The van der Waals surface area contributed by atoms with Gasteiger partial charge < -0.3 is 33.8 Å². The molecular weight excluding hydrogens is 1310 g/mol. The first-order valence-corrected chi connectivity index (χ1v) is 42.1. The number of esters is 4. The Balaban J connectivity index is 5.35. The minimum Gasteiger partial charge on any atom is -0.462 e. The van der Waals surface area contributed by atoms with Crippen molar-refractivity contribution in [3.05, 3.63) is 109 Å². The van der Waals surface area contributed by atoms with Crippen LogP contribution in [0.2, 0.25) is 0 Å². The van der Waals surface area contributed by atoms with E-state index in [2.05, 4.69) is 137 Å². The van der Waals surface area contributed by atoms with E-state index in [0.717, 1.165) is 193 Å². The van der Waals surface area contributed by atoms with E-state index in [9.17, 15) is 43.2 Å². The van der Waals surface area contributed by atoms with E-state index in [1.807, 2.05) is 0 Å². The second kappa shape index (κ2) is 73.0. The summed E-state index contributed by atoms with van der Waals surface area (Å²) in [5.74, 6) is -2.22. The number of unbranched alkanes of at least 4 members (excludes halogenated alkanes) is 29. The molecule has 0 rings (SSSR count). The Morgan fingerprint density at radius 2 is 0.530 bits per heavy atom. The Kier molecular flexibility index (Phi) is 69.9. The van der Waals surface area contributed by atoms with Gasteiger partial charge in [0.1, 0.15) is 19.3 Å². The maximum atomic E-state index is 13.1. The second-order valence-corrected chi connectivity index (χ2v) is 28.8. The Hall–Kier alpha value is -4.28. The van der Waals surface area contributed by atoms with Crippen molar-refractivity contribution in [3.63, 3.8) is 0 Å². The molecule has 3 N–H and O–H groups in total. The van der Waals surface area contributed by atoms with Crippen molar-refractivity contribution in [1.29, 1.82) is 0 Å². The molecule has 5 unspecified atom stereocenters. The second-order valence-electron chi connectivity index (χ2n) is 25.9. The summed E-state index contributed by atoms with van der Waals surface area (Å²) in [6.07, 6.45) is 77.9. The van der Waals surface area contributed by atoms with Gasteiger partial charge in [0, 0.05) is 25.7 Å². The monoisotopic (exact) mass is 1450 g/mol. The van der Waals surface area contributed by atoms with Crippen molar-refractivity contribution >= 4 is 39.5 Å². The average molecular weight is 1450 g/mol. The molecule has 0 saturated heterocycles. The smallest absolute Gasteiger partial charge is 0.462 e. The summed E-state index contributed by atoms with van der Waals surface area (Å²) in [4.78, 5) is 72.9. The molecule has 0 aromatic rings. The first-order chi connectivity index (χ1) is 48.7. The van der Waals surface area contributed by atoms with Crippen molar-refractivity contribution in [3.8, 4) is 0 Å². The van der Waals surface area contributed by atoms with Gasteiger partial charge in [0.25, 0.3) is 0 Å². The number of ether oxygens (including phenoxy) is 4. The lowest BCUT2D eigenvalue weighted by Crippen LogP contribution is -2.30. The zero-order valence-corrected chi connectivity index (χ0v) is 64.6. The molecule has 0 heterocycles. The third-order valence-electron chi connectivity index (χ3n) is 16.2. The Morgan fingerprint density at radius 3 is 0.840 bits per heavy atom. The highest BCUT2D eigenvalue weighted by molar-refractivity contribution is 7.47. The molecule has 0 radical (unpaired) electrons. The van der Waals surface area contributed by atoms with Gasteiger partial charge in [-0.1, -0.05) is 265 Å². The highest BCUT2D eigenvalue weighted by atomic mass is 31.2. The minimum atomic E-state index is -4.98. The number of phosphoric acid groups is 2. The number of carbonyl (C=O) groups is 4. The normalized spacial score (nSPS) is 14.5. The molecular formula is C81H140O17P2. The van der Waals surface area contributed by atoms with Crippen molar-refractivity contribution in [2.45, 2.75) is 341 Å². The summed E-state index contributed by atoms with van der Waals surface area (Å²) < 4.78 is 68.5. The molecule has 0 aliphatic carbocycles. The van der Waals surface area contributed by atoms with Crippen LogP contribution < -0.4 is 0 Å². The Bertz CT molecular complexity index is 2320. The maximum absolute atomic E-state index is 13.1. The molecule has 100 heavy (non-hydrogen) atoms. The summed E-state index contributed by atoms with van der Waals surface area (Å²) in [6.45, 7) is 4.57. The molecule has 5 atom stereocenters. The molecule has 0 amide bonds. The van der Waals surface area contributed by atoms with Crippen molar-refractivity contribution in [2.75, 3.05) is 39.6 Å². The molecule has 0 saturated carbocycles. The number of aliphatic hydroxyl groups is 1. The van der Waals surface area contributed by atoms with Crippen LogP contribution in [-0.4, -0.2) is 96.7 Å². The van der Waals surface area contributed by atoms with Crippen LogP contribution in [0.15, 0.2) is 109 Å². The standard InChI is InChI=1S/C81H140O17P2/c1-5-9-13-17-21-25-29-32-35-37-40-42-46-49-53-57-61-65-78(83)91-71-76(97-80(85)67-63-59-55-51-45-28-24-20-16-12-8-4)73-95-99(87,88)93-69-75(82)70-94-100(89,90)96-74-77(98-81(86)68-64-60-56-52-48-44-39-34-31-27-23-19-15-11-7-3)72-92-79(84)66-62-58-54-50-47-43-41-38-36-33-30-26-22-18-14-10-6-2/h9-10,13-14,20-22,24-26,32-36,39-40,42,75-77,82H,5-8,11-12,15-19,23,27-31,37-38,41,43-74H2,1-4H3,(H,87,88)(H,89,90)/b13-9-,14-10-,24-20-,25-21-,26-22-,35-32-,36-33-,39-34-,42-40-. The van der Waals surface area contributed by atoms with Crippen LogP contribution in [0.1, 0.15) is 323 Å². The summed E-state index contributed by atoms with van der Waals surface area (Å²) in [6, 6.07) is 0. The quantitative estimate of drug-likeness (QED) is 0.0169. The van der Waals surface area contributed by atoms with E-state index in [4.69, 9.17) is 37.0 Å². The van der Waals surface area contributed by atoms with Gasteiger partial charge >= 0.3 is 39.5 Å². The maximum Gasteiger partial charge on any atom is 0.472 e. The van der Waals surface area contributed by atoms with Crippen molar-refractivity contribution < 1.29 is 80.2 Å². The molecule has 0 fully saturated rings. The number of allylic oxidation sites excluding steroid dienone is 18. The van der Waals surface area contributed by atoms with Gasteiger partial charge in [-0.05, 0) is 141 Å². The average Bonchev–Trinajstić information content (AvgIpc) is 0.989. The van der Waals surface area contributed by atoms with Crippen LogP contribution in [0.25, 0.3) is 0 Å². The van der Waals surface area contributed by atoms with E-state index < -0.39 is 97.5 Å². The molecule has 0 bridgehead atoms. The van der Waals surface area contributed by atoms with Gasteiger partial charge in [-0.3, -0.25) is 37.3 Å². The highest BCUT2D eigenvalue weighted by Gasteiger charge is 2.30. The molecule has 0 aromatic heterocycles. The predicted molar refractivity (Wildman–Crippen MR) is 408 cm³/mol. The fraction of sp³-hybridized carbons (Fsp3) is 0.728. The van der Waals surface area contributed by atoms with Crippen molar-refractivity contribution in [2.24, 2.45) is 0 Å². The largest absolute Gasteiger partial charge is 0.472 e. The predicted octanol–water partition coefficient (Wildman–Crippen LogP) is 22.6. The topological polar surface area (TPSA) is 237 Å². The lowest BCUT2D eigenvalue weighted by Gasteiger charge is -2.21. The van der Waals surface area contributed by atoms with Gasteiger partial charge in [0.15, 0.2) is 12.2 Å². The fourth-order valence-corrected chi connectivity index (χ4v) is 11.8. The number of hydrogen-bond acceptors (Lipinski definition) is 15. The third-order valence-corrected chi connectivity index (χ3v) is 18.1.